The van der Waals surface area contributed by atoms with Crippen LogP contribution in [-0.4, -0.2) is 42.7 Å². The van der Waals surface area contributed by atoms with E-state index in [1.54, 1.807) is 6.07 Å². The number of aromatic carboxylic acids is 1. The normalized spacial score (nSPS) is 23.2. The Morgan fingerprint density at radius 1 is 1.10 bits per heavy atom. The summed E-state index contributed by atoms with van der Waals surface area (Å²) in [5.41, 5.74) is 2.48. The van der Waals surface area contributed by atoms with Crippen LogP contribution in [0.5, 0.6) is 5.75 Å². The second-order valence-electron chi connectivity index (χ2n) is 11.9. The molecular weight excluding hydrogens is 585 g/mol. The summed E-state index contributed by atoms with van der Waals surface area (Å²) in [6, 6.07) is 14.8. The number of hydrogen-bond acceptors (Lipinski definition) is 5. The summed E-state index contributed by atoms with van der Waals surface area (Å²) in [5.74, 6) is -1.59. The van der Waals surface area contributed by atoms with Crippen LogP contribution in [0, 0.1) is 5.41 Å². The van der Waals surface area contributed by atoms with Crippen LogP contribution in [-0.2, 0) is 10.2 Å². The predicted molar refractivity (Wildman–Crippen MR) is 164 cm³/mol. The molecule has 1 saturated heterocycles. The molecular formula is C31H32Cl3N3O4. The molecule has 1 spiro atoms. The van der Waals surface area contributed by atoms with Crippen molar-refractivity contribution in [2.45, 2.75) is 50.6 Å². The Hall–Kier alpha value is -2.97. The highest BCUT2D eigenvalue weighted by atomic mass is 35.5. The van der Waals surface area contributed by atoms with Gasteiger partial charge in [-0.15, -0.1) is 0 Å². The first-order chi connectivity index (χ1) is 19.4. The number of amides is 1. The van der Waals surface area contributed by atoms with Gasteiger partial charge in [-0.3, -0.25) is 4.79 Å². The van der Waals surface area contributed by atoms with Crippen LogP contribution in [0.1, 0.15) is 54.6 Å². The number of carbonyl (C=O) groups is 2. The number of carboxylic acids is 1. The molecule has 0 aromatic heterocycles. The largest absolute Gasteiger partial charge is 0.495 e. The average Bonchev–Trinajstić information content (AvgIpc) is 3.43. The quantitative estimate of drug-likeness (QED) is 0.233. The molecule has 1 amide bonds. The fourth-order valence-corrected chi connectivity index (χ4v) is 6.99. The summed E-state index contributed by atoms with van der Waals surface area (Å²) in [5, 5.41) is 21.1. The third-order valence-electron chi connectivity index (χ3n) is 8.07. The highest BCUT2D eigenvalue weighted by Crippen LogP contribution is 2.57. The number of nitrogens with one attached hydrogen (secondary N) is 3. The molecule has 3 aromatic carbocycles. The molecule has 0 bridgehead atoms. The van der Waals surface area contributed by atoms with Gasteiger partial charge in [-0.25, -0.2) is 4.79 Å². The molecule has 4 atom stereocenters. The fraction of sp³-hybridized carbons (Fsp3) is 0.355. The molecule has 2 aliphatic rings. The Balaban J connectivity index is 1.67. The van der Waals surface area contributed by atoms with Crippen molar-refractivity contribution in [2.75, 3.05) is 24.3 Å². The molecule has 3 aromatic rings. The van der Waals surface area contributed by atoms with Crippen LogP contribution in [0.3, 0.4) is 0 Å². The molecule has 0 aliphatic carbocycles. The molecule has 216 valence electrons. The molecule has 10 heteroatoms. The van der Waals surface area contributed by atoms with E-state index < -0.39 is 23.3 Å². The maximum absolute atomic E-state index is 14.2. The van der Waals surface area contributed by atoms with E-state index in [0.29, 0.717) is 27.3 Å². The topological polar surface area (TPSA) is 99.7 Å². The van der Waals surface area contributed by atoms with Gasteiger partial charge in [0, 0.05) is 34.6 Å². The number of halogens is 3. The maximum atomic E-state index is 14.2. The van der Waals surface area contributed by atoms with Gasteiger partial charge < -0.3 is 25.8 Å². The van der Waals surface area contributed by atoms with Crippen LogP contribution in [0.25, 0.3) is 0 Å². The number of methoxy groups -OCH3 is 1. The van der Waals surface area contributed by atoms with E-state index in [1.165, 1.54) is 25.3 Å². The van der Waals surface area contributed by atoms with Crippen molar-refractivity contribution in [1.82, 2.24) is 5.32 Å². The molecule has 2 aliphatic heterocycles. The number of benzene rings is 3. The van der Waals surface area contributed by atoms with Gasteiger partial charge in [0.1, 0.15) is 5.75 Å². The minimum atomic E-state index is -1.09. The standard InChI is InChI=1S/C31H32Cl3N3O4/c1-30(2,3)14-24-31(15-35-21-11-9-17(32)13-19(21)31)25(18-6-5-7-20(33)26(18)34)27(37-24)28(38)36-22-10-8-16(29(39)40)12-23(22)41-4/h5-13,24-25,27,35,37H,14-15H2,1-4H3,(H,36,38)(H,39,40)/t24-,25-,27+,31-/m0/s1. The predicted octanol–water partition coefficient (Wildman–Crippen LogP) is 7.22. The second-order valence-corrected chi connectivity index (χ2v) is 13.1. The lowest BCUT2D eigenvalue weighted by atomic mass is 9.63. The van der Waals surface area contributed by atoms with Crippen molar-refractivity contribution in [1.29, 1.82) is 0 Å². The first kappa shape index (κ1) is 29.5. The first-order valence-electron chi connectivity index (χ1n) is 13.3. The summed E-state index contributed by atoms with van der Waals surface area (Å²) in [4.78, 5) is 25.7. The summed E-state index contributed by atoms with van der Waals surface area (Å²) < 4.78 is 5.42. The third-order valence-corrected chi connectivity index (χ3v) is 9.14. The number of hydrogen-bond donors (Lipinski definition) is 4. The minimum Gasteiger partial charge on any atom is -0.495 e. The molecule has 0 radical (unpaired) electrons. The second kappa shape index (κ2) is 11.0. The third kappa shape index (κ3) is 5.37. The highest BCUT2D eigenvalue weighted by molar-refractivity contribution is 6.42. The molecule has 1 fully saturated rings. The van der Waals surface area contributed by atoms with Gasteiger partial charge in [0.05, 0.1) is 34.4 Å². The lowest BCUT2D eigenvalue weighted by Gasteiger charge is -2.39. The maximum Gasteiger partial charge on any atom is 0.335 e. The van der Waals surface area contributed by atoms with Crippen LogP contribution in [0.15, 0.2) is 54.6 Å². The van der Waals surface area contributed by atoms with Crippen molar-refractivity contribution in [2.24, 2.45) is 5.41 Å². The van der Waals surface area contributed by atoms with Crippen molar-refractivity contribution in [3.63, 3.8) is 0 Å². The fourth-order valence-electron chi connectivity index (χ4n) is 6.39. The van der Waals surface area contributed by atoms with Crippen molar-refractivity contribution < 1.29 is 19.4 Å². The van der Waals surface area contributed by atoms with Gasteiger partial charge in [-0.1, -0.05) is 67.7 Å². The van der Waals surface area contributed by atoms with E-state index in [4.69, 9.17) is 39.5 Å². The van der Waals surface area contributed by atoms with Gasteiger partial charge in [0.25, 0.3) is 0 Å². The lowest BCUT2D eigenvalue weighted by molar-refractivity contribution is -0.118. The van der Waals surface area contributed by atoms with Crippen molar-refractivity contribution in [3.05, 3.63) is 86.4 Å². The first-order valence-corrected chi connectivity index (χ1v) is 14.4. The Labute approximate surface area is 254 Å². The summed E-state index contributed by atoms with van der Waals surface area (Å²) >= 11 is 20.0. The van der Waals surface area contributed by atoms with E-state index >= 15 is 0 Å². The summed E-state index contributed by atoms with van der Waals surface area (Å²) in [6.07, 6.45) is 0.760. The summed E-state index contributed by atoms with van der Waals surface area (Å²) in [7, 11) is 1.43. The zero-order valence-electron chi connectivity index (χ0n) is 23.1. The lowest BCUT2D eigenvalue weighted by Crippen LogP contribution is -2.46. The number of rotatable bonds is 6. The van der Waals surface area contributed by atoms with E-state index in [1.807, 2.05) is 30.3 Å². The smallest absolute Gasteiger partial charge is 0.335 e. The number of carbonyl (C=O) groups excluding carboxylic acids is 1. The number of carboxylic acid groups (broad SMARTS) is 1. The highest BCUT2D eigenvalue weighted by Gasteiger charge is 2.61. The Morgan fingerprint density at radius 3 is 2.54 bits per heavy atom. The number of ether oxygens (including phenoxy) is 1. The Bertz CT molecular complexity index is 1520. The van der Waals surface area contributed by atoms with Gasteiger partial charge in [0.2, 0.25) is 5.91 Å². The minimum absolute atomic E-state index is 0.0529. The number of anilines is 2. The van der Waals surface area contributed by atoms with Crippen LogP contribution < -0.4 is 20.7 Å². The molecule has 0 unspecified atom stereocenters. The molecule has 5 rings (SSSR count). The Kier molecular flexibility index (Phi) is 7.94. The molecule has 4 N–H and O–H groups in total. The van der Waals surface area contributed by atoms with Crippen molar-refractivity contribution in [3.8, 4) is 5.75 Å². The Morgan fingerprint density at radius 2 is 1.85 bits per heavy atom. The summed E-state index contributed by atoms with van der Waals surface area (Å²) in [6.45, 7) is 7.08. The molecule has 41 heavy (non-hydrogen) atoms. The van der Waals surface area contributed by atoms with E-state index in [0.717, 1.165) is 23.2 Å². The molecule has 0 saturated carbocycles. The van der Waals surface area contributed by atoms with Gasteiger partial charge in [0.15, 0.2) is 0 Å². The SMILES string of the molecule is COc1cc(C(=O)O)ccc1NC(=O)[C@@H]1N[C@@H](CC(C)(C)C)[C@@]2(CNc3ccc(Cl)cc32)[C@H]1c1cccc(Cl)c1Cl. The van der Waals surface area contributed by atoms with E-state index in [-0.39, 0.29) is 28.7 Å². The van der Waals surface area contributed by atoms with Crippen LogP contribution in [0.4, 0.5) is 11.4 Å². The average molecular weight is 617 g/mol. The monoisotopic (exact) mass is 615 g/mol. The number of fused-ring (bicyclic) bond motifs is 2. The van der Waals surface area contributed by atoms with Crippen LogP contribution in [0.2, 0.25) is 15.1 Å². The van der Waals surface area contributed by atoms with Crippen molar-refractivity contribution >= 4 is 58.1 Å². The zero-order chi connectivity index (χ0) is 29.7. The van der Waals surface area contributed by atoms with E-state index in [2.05, 4.69) is 36.7 Å². The molecule has 7 nitrogen and oxygen atoms in total. The zero-order valence-corrected chi connectivity index (χ0v) is 25.4. The van der Waals surface area contributed by atoms with Gasteiger partial charge >= 0.3 is 5.97 Å². The van der Waals surface area contributed by atoms with Crippen LogP contribution >= 0.6 is 34.8 Å². The van der Waals surface area contributed by atoms with E-state index in [9.17, 15) is 14.7 Å². The van der Waals surface area contributed by atoms with Gasteiger partial charge in [-0.05, 0) is 65.4 Å². The molecule has 2 heterocycles. The van der Waals surface area contributed by atoms with Gasteiger partial charge in [-0.2, -0.15) is 0 Å².